The first kappa shape index (κ1) is 16.5. The summed E-state index contributed by atoms with van der Waals surface area (Å²) in [7, 11) is 1.77. The number of hydrogen-bond donors (Lipinski definition) is 3. The van der Waals surface area contributed by atoms with Gasteiger partial charge in [-0.25, -0.2) is 4.68 Å². The van der Waals surface area contributed by atoms with E-state index < -0.39 is 0 Å². The molecule has 0 aromatic carbocycles. The number of H-pyrrole nitrogens is 1. The summed E-state index contributed by atoms with van der Waals surface area (Å²) in [5.74, 6) is 0.779. The first-order chi connectivity index (χ1) is 12.7. The molecule has 0 bridgehead atoms. The van der Waals surface area contributed by atoms with Gasteiger partial charge in [0.1, 0.15) is 5.69 Å². The van der Waals surface area contributed by atoms with Crippen molar-refractivity contribution < 1.29 is 9.53 Å². The zero-order valence-corrected chi connectivity index (χ0v) is 14.3. The zero-order chi connectivity index (χ0) is 17.9. The number of fused-ring (bicyclic) bond motifs is 1. The van der Waals surface area contributed by atoms with Gasteiger partial charge in [-0.3, -0.25) is 9.78 Å². The molecule has 3 aromatic heterocycles. The Balaban J connectivity index is 1.25. The van der Waals surface area contributed by atoms with Crippen LogP contribution in [-0.2, 0) is 11.8 Å². The third-order valence-corrected chi connectivity index (χ3v) is 4.49. The van der Waals surface area contributed by atoms with Crippen LogP contribution in [0.1, 0.15) is 16.9 Å². The fraction of sp³-hybridized carbons (Fsp3) is 0.438. The van der Waals surface area contributed by atoms with Crippen molar-refractivity contribution >= 4 is 22.8 Å². The molecule has 0 spiro atoms. The molecule has 2 atom stereocenters. The van der Waals surface area contributed by atoms with Crippen LogP contribution in [0.2, 0.25) is 0 Å². The summed E-state index contributed by atoms with van der Waals surface area (Å²) in [6.07, 6.45) is 4.38. The van der Waals surface area contributed by atoms with Crippen LogP contribution in [0.25, 0.3) is 10.9 Å². The minimum Gasteiger partial charge on any atom is -0.376 e. The van der Waals surface area contributed by atoms with Gasteiger partial charge in [0.15, 0.2) is 0 Å². The monoisotopic (exact) mass is 356 g/mol. The first-order valence-corrected chi connectivity index (χ1v) is 8.48. The largest absolute Gasteiger partial charge is 0.376 e. The summed E-state index contributed by atoms with van der Waals surface area (Å²) in [4.78, 5) is 19.5. The van der Waals surface area contributed by atoms with Gasteiger partial charge in [0.25, 0.3) is 5.91 Å². The van der Waals surface area contributed by atoms with E-state index in [0.29, 0.717) is 31.3 Å². The number of nitrogens with zero attached hydrogens (tertiary/aromatic N) is 5. The lowest BCUT2D eigenvalue weighted by atomic mass is 10.1. The molecule has 3 aromatic rings. The van der Waals surface area contributed by atoms with Crippen LogP contribution < -0.4 is 10.6 Å². The molecule has 136 valence electrons. The normalized spacial score (nSPS) is 19.7. The molecule has 3 N–H and O–H groups in total. The van der Waals surface area contributed by atoms with Crippen molar-refractivity contribution in [2.45, 2.75) is 12.5 Å². The predicted octanol–water partition coefficient (Wildman–Crippen LogP) is 0.333. The summed E-state index contributed by atoms with van der Waals surface area (Å²) in [5.41, 5.74) is 1.44. The van der Waals surface area contributed by atoms with Crippen LogP contribution in [0, 0.1) is 5.92 Å². The van der Waals surface area contributed by atoms with Crippen molar-refractivity contribution in [1.29, 1.82) is 0 Å². The molecule has 26 heavy (non-hydrogen) atoms. The lowest BCUT2D eigenvalue weighted by Gasteiger charge is -2.11. The van der Waals surface area contributed by atoms with Crippen LogP contribution in [-0.4, -0.2) is 61.9 Å². The summed E-state index contributed by atoms with van der Waals surface area (Å²) in [6.45, 7) is 1.84. The van der Waals surface area contributed by atoms with Gasteiger partial charge in [0, 0.05) is 49.4 Å². The second-order valence-electron chi connectivity index (χ2n) is 6.42. The van der Waals surface area contributed by atoms with E-state index >= 15 is 0 Å². The zero-order valence-electron chi connectivity index (χ0n) is 14.3. The van der Waals surface area contributed by atoms with E-state index in [1.54, 1.807) is 24.1 Å². The maximum Gasteiger partial charge on any atom is 0.267 e. The number of anilines is 1. The molecule has 0 radical (unpaired) electrons. The molecule has 2 unspecified atom stereocenters. The number of carbonyl (C=O) groups excluding carboxylic acids is 1. The molecule has 10 nitrogen and oxygen atoms in total. The van der Waals surface area contributed by atoms with Crippen LogP contribution in [0.15, 0.2) is 24.5 Å². The van der Waals surface area contributed by atoms with Gasteiger partial charge < -0.3 is 20.4 Å². The predicted molar refractivity (Wildman–Crippen MR) is 93.6 cm³/mol. The lowest BCUT2D eigenvalue weighted by Crippen LogP contribution is -2.30. The Kier molecular flexibility index (Phi) is 4.48. The van der Waals surface area contributed by atoms with E-state index in [9.17, 15) is 4.79 Å². The number of tetrazole rings is 1. The van der Waals surface area contributed by atoms with Gasteiger partial charge in [0.05, 0.1) is 12.7 Å². The highest BCUT2D eigenvalue weighted by atomic mass is 16.5. The Morgan fingerprint density at radius 1 is 1.46 bits per heavy atom. The maximum absolute atomic E-state index is 12.3. The SMILES string of the molecule is Cn1nnnc1NCC1CC(CNC(=O)c2cc3cnccc3[nH]2)CO1. The third-order valence-electron chi connectivity index (χ3n) is 4.49. The van der Waals surface area contributed by atoms with Crippen LogP contribution in [0.4, 0.5) is 5.95 Å². The van der Waals surface area contributed by atoms with Crippen LogP contribution in [0.3, 0.4) is 0 Å². The second kappa shape index (κ2) is 7.08. The molecule has 1 aliphatic heterocycles. The number of hydrogen-bond acceptors (Lipinski definition) is 7. The highest BCUT2D eigenvalue weighted by Crippen LogP contribution is 2.19. The number of rotatable bonds is 6. The maximum atomic E-state index is 12.3. The fourth-order valence-corrected chi connectivity index (χ4v) is 3.08. The molecule has 4 heterocycles. The molecule has 1 saturated heterocycles. The fourth-order valence-electron chi connectivity index (χ4n) is 3.08. The van der Waals surface area contributed by atoms with Crippen LogP contribution in [0.5, 0.6) is 0 Å². The average molecular weight is 356 g/mol. The van der Waals surface area contributed by atoms with Gasteiger partial charge in [-0.15, -0.1) is 0 Å². The van der Waals surface area contributed by atoms with Gasteiger partial charge in [-0.1, -0.05) is 5.10 Å². The van der Waals surface area contributed by atoms with Crippen LogP contribution >= 0.6 is 0 Å². The van der Waals surface area contributed by atoms with Gasteiger partial charge in [-0.05, 0) is 29.0 Å². The smallest absolute Gasteiger partial charge is 0.267 e. The standard InChI is InChI=1S/C16H20N8O2/c1-24-16(21-22-23-24)19-8-12-4-10(9-26-12)6-18-15(25)14-5-11-7-17-3-2-13(11)20-14/h2-3,5,7,10,12,20H,4,6,8-9H2,1H3,(H,18,25)(H,19,21,23). The number of aromatic amines is 1. The second-order valence-corrected chi connectivity index (χ2v) is 6.42. The van der Waals surface area contributed by atoms with E-state index in [0.717, 1.165) is 17.3 Å². The van der Waals surface area contributed by atoms with Gasteiger partial charge in [0.2, 0.25) is 5.95 Å². The number of amides is 1. The van der Waals surface area contributed by atoms with Crippen molar-refractivity contribution in [3.63, 3.8) is 0 Å². The third kappa shape index (κ3) is 3.49. The minimum absolute atomic E-state index is 0.0766. The molecule has 1 amide bonds. The summed E-state index contributed by atoms with van der Waals surface area (Å²) >= 11 is 0. The average Bonchev–Trinajstić information content (AvgIpc) is 3.37. The molecular formula is C16H20N8O2. The first-order valence-electron chi connectivity index (χ1n) is 8.48. The molecule has 10 heteroatoms. The topological polar surface area (TPSA) is 123 Å². The summed E-state index contributed by atoms with van der Waals surface area (Å²) in [5, 5.41) is 18.3. The molecular weight excluding hydrogens is 336 g/mol. The molecule has 0 aliphatic carbocycles. The van der Waals surface area contributed by atoms with E-state index in [2.05, 4.69) is 36.1 Å². The molecule has 4 rings (SSSR count). The Hall–Kier alpha value is -3.01. The Morgan fingerprint density at radius 3 is 3.19 bits per heavy atom. The number of carbonyl (C=O) groups is 1. The van der Waals surface area contributed by atoms with E-state index in [1.165, 1.54) is 0 Å². The number of aryl methyl sites for hydroxylation is 1. The molecule has 1 aliphatic rings. The number of nitrogens with one attached hydrogen (secondary N) is 3. The number of pyridine rings is 1. The molecule has 1 fully saturated rings. The quantitative estimate of drug-likeness (QED) is 0.582. The van der Waals surface area contributed by atoms with E-state index in [-0.39, 0.29) is 17.9 Å². The lowest BCUT2D eigenvalue weighted by molar-refractivity contribution is 0.0936. The van der Waals surface area contributed by atoms with Crippen molar-refractivity contribution in [3.05, 3.63) is 30.2 Å². The minimum atomic E-state index is -0.118. The number of ether oxygens (including phenoxy) is 1. The van der Waals surface area contributed by atoms with Crippen molar-refractivity contribution in [2.75, 3.05) is 25.0 Å². The van der Waals surface area contributed by atoms with E-state index in [1.807, 2.05) is 12.1 Å². The Bertz CT molecular complexity index is 871. The Morgan fingerprint density at radius 2 is 2.38 bits per heavy atom. The summed E-state index contributed by atoms with van der Waals surface area (Å²) < 4.78 is 7.35. The summed E-state index contributed by atoms with van der Waals surface area (Å²) in [6, 6.07) is 3.66. The van der Waals surface area contributed by atoms with Crippen molar-refractivity contribution in [1.82, 2.24) is 35.5 Å². The van der Waals surface area contributed by atoms with Gasteiger partial charge >= 0.3 is 0 Å². The molecule has 0 saturated carbocycles. The number of aromatic nitrogens is 6. The Labute approximate surface area is 149 Å². The van der Waals surface area contributed by atoms with Crippen molar-refractivity contribution in [2.24, 2.45) is 13.0 Å². The van der Waals surface area contributed by atoms with Gasteiger partial charge in [-0.2, -0.15) is 0 Å². The highest BCUT2D eigenvalue weighted by Gasteiger charge is 2.26. The highest BCUT2D eigenvalue weighted by molar-refractivity contribution is 5.97. The van der Waals surface area contributed by atoms with Crippen molar-refractivity contribution in [3.8, 4) is 0 Å². The van der Waals surface area contributed by atoms with E-state index in [4.69, 9.17) is 4.74 Å².